The first kappa shape index (κ1) is 33.9. The number of unbranched alkanes of at least 4 members (excludes halogenated alkanes) is 1. The summed E-state index contributed by atoms with van der Waals surface area (Å²) >= 11 is 0. The summed E-state index contributed by atoms with van der Waals surface area (Å²) in [7, 11) is -3.51. The molecule has 3 aromatic heterocycles. The molecule has 4 heterocycles. The molecule has 1 aliphatic heterocycles. The van der Waals surface area contributed by atoms with Crippen LogP contribution >= 0.6 is 0 Å². The Hall–Kier alpha value is -4.42. The molecule has 1 saturated heterocycles. The zero-order chi connectivity index (χ0) is 33.7. The number of carbonyl (C=O) groups excluding carboxylic acids is 2. The molecule has 12 heteroatoms. The van der Waals surface area contributed by atoms with Crippen molar-refractivity contribution in [2.75, 3.05) is 30.8 Å². The molecule has 0 radical (unpaired) electrons. The van der Waals surface area contributed by atoms with E-state index in [4.69, 9.17) is 14.7 Å². The molecule has 0 spiro atoms. The third-order valence-electron chi connectivity index (χ3n) is 8.14. The van der Waals surface area contributed by atoms with Gasteiger partial charge in [-0.3, -0.25) is 14.6 Å². The number of aromatic nitrogens is 3. The number of pyridine rings is 3. The van der Waals surface area contributed by atoms with E-state index < -0.39 is 21.8 Å². The lowest BCUT2D eigenvalue weighted by molar-refractivity contribution is -0.118. The molecule has 2 N–H and O–H groups in total. The fourth-order valence-electron chi connectivity index (χ4n) is 5.89. The summed E-state index contributed by atoms with van der Waals surface area (Å²) in [6, 6.07) is 15.9. The number of rotatable bonds is 11. The van der Waals surface area contributed by atoms with Gasteiger partial charge in [0, 0.05) is 50.0 Å². The van der Waals surface area contributed by atoms with Crippen LogP contribution in [0.4, 0.5) is 5.82 Å². The first-order valence-corrected chi connectivity index (χ1v) is 17.8. The number of amides is 2. The van der Waals surface area contributed by atoms with E-state index in [1.165, 1.54) is 13.0 Å². The van der Waals surface area contributed by atoms with Gasteiger partial charge < -0.3 is 20.3 Å². The second kappa shape index (κ2) is 14.6. The van der Waals surface area contributed by atoms with Crippen molar-refractivity contribution in [2.45, 2.75) is 70.1 Å². The van der Waals surface area contributed by atoms with E-state index in [1.54, 1.807) is 25.3 Å². The van der Waals surface area contributed by atoms with Gasteiger partial charge in [-0.1, -0.05) is 12.1 Å². The van der Waals surface area contributed by atoms with Gasteiger partial charge in [-0.25, -0.2) is 18.4 Å². The van der Waals surface area contributed by atoms with Crippen LogP contribution in [0.1, 0.15) is 67.7 Å². The first-order valence-electron chi connectivity index (χ1n) is 15.9. The van der Waals surface area contributed by atoms with Crippen LogP contribution in [0.5, 0.6) is 0 Å². The smallest absolute Gasteiger partial charge is 0.251 e. The van der Waals surface area contributed by atoms with Gasteiger partial charge in [-0.05, 0) is 88.1 Å². The topological polar surface area (TPSA) is 143 Å². The van der Waals surface area contributed by atoms with E-state index in [-0.39, 0.29) is 28.6 Å². The van der Waals surface area contributed by atoms with Gasteiger partial charge in [0.2, 0.25) is 5.91 Å². The minimum Gasteiger partial charge on any atom is -0.372 e. The van der Waals surface area contributed by atoms with Crippen LogP contribution in [0.15, 0.2) is 65.7 Å². The number of aryl methyl sites for hydroxylation is 1. The molecule has 47 heavy (non-hydrogen) atoms. The molecule has 0 bridgehead atoms. The average molecular weight is 659 g/mol. The van der Waals surface area contributed by atoms with Gasteiger partial charge in [0.25, 0.3) is 5.91 Å². The zero-order valence-corrected chi connectivity index (χ0v) is 28.3. The Labute approximate surface area is 276 Å². The maximum atomic E-state index is 13.5. The molecule has 3 atom stereocenters. The van der Waals surface area contributed by atoms with Gasteiger partial charge >= 0.3 is 0 Å². The van der Waals surface area contributed by atoms with Crippen molar-refractivity contribution < 1.29 is 22.7 Å². The molecule has 248 valence electrons. The molecule has 0 saturated carbocycles. The number of benzene rings is 1. The molecule has 1 aliphatic rings. The van der Waals surface area contributed by atoms with Gasteiger partial charge in [-0.2, -0.15) is 0 Å². The number of nitrogens with one attached hydrogen (secondary N) is 2. The van der Waals surface area contributed by atoms with E-state index >= 15 is 0 Å². The molecule has 0 aliphatic carbocycles. The van der Waals surface area contributed by atoms with Crippen LogP contribution in [0, 0.1) is 6.92 Å². The average Bonchev–Trinajstić information content (AvgIpc) is 3.02. The second-order valence-electron chi connectivity index (χ2n) is 12.3. The predicted octanol–water partition coefficient (Wildman–Crippen LogP) is 4.79. The van der Waals surface area contributed by atoms with Crippen molar-refractivity contribution in [1.29, 1.82) is 0 Å². The molecular weight excluding hydrogens is 616 g/mol. The SMILES string of the molecule is CC(=O)NCCCCC(NC(=O)c1ccc(C)c(S(C)(=O)=O)c1)c1cc2nc(-c3cccc(N4C[C@@H](C)O[C@@H](C)C4)n3)ccc2cn1. The van der Waals surface area contributed by atoms with Crippen LogP contribution in [0.2, 0.25) is 0 Å². The minimum absolute atomic E-state index is 0.0944. The highest BCUT2D eigenvalue weighted by atomic mass is 32.2. The number of morpholine rings is 1. The number of carbonyl (C=O) groups is 2. The van der Waals surface area contributed by atoms with Gasteiger partial charge in [0.15, 0.2) is 9.84 Å². The van der Waals surface area contributed by atoms with Crippen LogP contribution in [-0.4, -0.2) is 73.3 Å². The zero-order valence-electron chi connectivity index (χ0n) is 27.5. The summed E-state index contributed by atoms with van der Waals surface area (Å²) in [6.45, 7) is 9.35. The molecular formula is C35H42N6O5S. The minimum atomic E-state index is -3.51. The first-order chi connectivity index (χ1) is 22.4. The highest BCUT2D eigenvalue weighted by molar-refractivity contribution is 7.90. The van der Waals surface area contributed by atoms with Gasteiger partial charge in [0.05, 0.1) is 45.7 Å². The molecule has 1 fully saturated rings. The maximum absolute atomic E-state index is 13.5. The number of fused-ring (bicyclic) bond motifs is 1. The number of hydrogen-bond donors (Lipinski definition) is 2. The summed E-state index contributed by atoms with van der Waals surface area (Å²) in [4.78, 5) is 41.7. The van der Waals surface area contributed by atoms with Crippen LogP contribution in [-0.2, 0) is 19.4 Å². The van der Waals surface area contributed by atoms with Crippen LogP contribution < -0.4 is 15.5 Å². The molecule has 11 nitrogen and oxygen atoms in total. The third kappa shape index (κ3) is 8.69. The Bertz CT molecular complexity index is 1870. The van der Waals surface area contributed by atoms with Crippen LogP contribution in [0.3, 0.4) is 0 Å². The quantitative estimate of drug-likeness (QED) is 0.217. The number of sulfone groups is 1. The normalized spacial score (nSPS) is 17.3. The van der Waals surface area contributed by atoms with Crippen LogP contribution in [0.25, 0.3) is 22.3 Å². The van der Waals surface area contributed by atoms with Crippen molar-refractivity contribution in [3.8, 4) is 11.4 Å². The summed E-state index contributed by atoms with van der Waals surface area (Å²) in [5, 5.41) is 6.72. The van der Waals surface area contributed by atoms with E-state index in [1.807, 2.05) is 36.4 Å². The van der Waals surface area contributed by atoms with Gasteiger partial charge in [-0.15, -0.1) is 0 Å². The van der Waals surface area contributed by atoms with Crippen molar-refractivity contribution in [3.63, 3.8) is 0 Å². The fourth-order valence-corrected chi connectivity index (χ4v) is 6.88. The highest BCUT2D eigenvalue weighted by Crippen LogP contribution is 2.27. The standard InChI is InChI=1S/C35H42N6O5S/c1-22-12-13-26(17-33(22)47(5,44)45)35(43)40-29(9-6-7-16-36-25(4)42)32-18-31-27(19-37-32)14-15-30(38-31)28-10-8-11-34(39-28)41-20-23(2)46-24(3)21-41/h8,10-15,17-19,23-24,29H,6-7,9,16,20-21H2,1-5H3,(H,36,42)(H,40,43)/t23-,24+,29?. The Balaban J connectivity index is 1.42. The molecule has 4 aromatic rings. The lowest BCUT2D eigenvalue weighted by Gasteiger charge is -2.36. The summed E-state index contributed by atoms with van der Waals surface area (Å²) in [6.07, 6.45) is 5.06. The predicted molar refractivity (Wildman–Crippen MR) is 182 cm³/mol. The van der Waals surface area contributed by atoms with E-state index in [0.717, 1.165) is 41.9 Å². The van der Waals surface area contributed by atoms with Crippen molar-refractivity contribution in [1.82, 2.24) is 25.6 Å². The van der Waals surface area contributed by atoms with Gasteiger partial charge in [0.1, 0.15) is 5.82 Å². The Morgan fingerprint density at radius 3 is 2.47 bits per heavy atom. The lowest BCUT2D eigenvalue weighted by Crippen LogP contribution is -2.45. The summed E-state index contributed by atoms with van der Waals surface area (Å²) in [5.74, 6) is 0.375. The second-order valence-corrected chi connectivity index (χ2v) is 14.3. The third-order valence-corrected chi connectivity index (χ3v) is 9.38. The molecule has 1 aromatic carbocycles. The fraction of sp³-hybridized carbons (Fsp3) is 0.400. The maximum Gasteiger partial charge on any atom is 0.251 e. The molecule has 1 unspecified atom stereocenters. The van der Waals surface area contributed by atoms with E-state index in [0.29, 0.717) is 42.6 Å². The number of anilines is 1. The van der Waals surface area contributed by atoms with Crippen molar-refractivity contribution in [2.24, 2.45) is 0 Å². The Morgan fingerprint density at radius 1 is 1.00 bits per heavy atom. The van der Waals surface area contributed by atoms with Crippen molar-refractivity contribution >= 4 is 38.4 Å². The molecule has 2 amide bonds. The van der Waals surface area contributed by atoms with E-state index in [9.17, 15) is 18.0 Å². The Kier molecular flexibility index (Phi) is 10.5. The molecule has 5 rings (SSSR count). The number of hydrogen-bond acceptors (Lipinski definition) is 9. The number of ether oxygens (including phenoxy) is 1. The summed E-state index contributed by atoms with van der Waals surface area (Å²) < 4.78 is 30.5. The van der Waals surface area contributed by atoms with Crippen molar-refractivity contribution in [3.05, 3.63) is 77.6 Å². The Morgan fingerprint density at radius 2 is 1.74 bits per heavy atom. The summed E-state index contributed by atoms with van der Waals surface area (Å²) in [5.41, 5.74) is 3.62. The number of nitrogens with zero attached hydrogens (tertiary/aromatic N) is 4. The largest absolute Gasteiger partial charge is 0.372 e. The monoisotopic (exact) mass is 658 g/mol. The highest BCUT2D eigenvalue weighted by Gasteiger charge is 2.24. The lowest BCUT2D eigenvalue weighted by atomic mass is 10.0. The van der Waals surface area contributed by atoms with E-state index in [2.05, 4.69) is 34.4 Å².